The van der Waals surface area contributed by atoms with Gasteiger partial charge in [0.1, 0.15) is 0 Å². The molecule has 0 amide bonds. The van der Waals surface area contributed by atoms with Crippen molar-refractivity contribution in [3.8, 4) is 0 Å². The van der Waals surface area contributed by atoms with Gasteiger partial charge in [0, 0.05) is 52.5 Å². The van der Waals surface area contributed by atoms with Gasteiger partial charge in [-0.25, -0.2) is 0 Å². The van der Waals surface area contributed by atoms with Gasteiger partial charge in [0.25, 0.3) is 0 Å². The van der Waals surface area contributed by atoms with Crippen molar-refractivity contribution in [3.63, 3.8) is 0 Å². The second kappa shape index (κ2) is 21.0. The van der Waals surface area contributed by atoms with Gasteiger partial charge in [-0.2, -0.15) is 0 Å². The zero-order valence-electron chi connectivity index (χ0n) is 13.4. The van der Waals surface area contributed by atoms with Crippen molar-refractivity contribution in [2.75, 3.05) is 52.5 Å². The molecule has 19 heavy (non-hydrogen) atoms. The summed E-state index contributed by atoms with van der Waals surface area (Å²) in [6.45, 7) is 15.6. The summed E-state index contributed by atoms with van der Waals surface area (Å²) in [5.41, 5.74) is 0. The number of rotatable bonds is 10. The Balaban J connectivity index is -0.000000256. The summed E-state index contributed by atoms with van der Waals surface area (Å²) in [5, 5.41) is 17.0. The fourth-order valence-corrected chi connectivity index (χ4v) is 1.67. The maximum atomic E-state index is 8.48. The summed E-state index contributed by atoms with van der Waals surface area (Å²) in [5.74, 6) is 0. The predicted molar refractivity (Wildman–Crippen MR) is 79.0 cm³/mol. The summed E-state index contributed by atoms with van der Waals surface area (Å²) in [6, 6.07) is 0. The standard InChI is InChI=1S/2C7H17NO.Zr/c2*1-3-8(4-2)6-5-7-9;/h2*9H,3-7H2,1-2H3;. The largest absolute Gasteiger partial charge is 0.396 e. The third-order valence-corrected chi connectivity index (χ3v) is 3.05. The Morgan fingerprint density at radius 1 is 0.632 bits per heavy atom. The van der Waals surface area contributed by atoms with E-state index >= 15 is 0 Å². The summed E-state index contributed by atoms with van der Waals surface area (Å²) in [6.07, 6.45) is 1.81. The molecule has 0 radical (unpaired) electrons. The molecule has 0 spiro atoms. The van der Waals surface area contributed by atoms with Crippen molar-refractivity contribution < 1.29 is 36.4 Å². The quantitative estimate of drug-likeness (QED) is 0.623. The van der Waals surface area contributed by atoms with Crippen LogP contribution in [-0.4, -0.2) is 72.5 Å². The molecule has 0 bridgehead atoms. The van der Waals surface area contributed by atoms with Gasteiger partial charge in [0.2, 0.25) is 0 Å². The Labute approximate surface area is 139 Å². The first-order valence-corrected chi connectivity index (χ1v) is 7.36. The number of hydrogen-bond donors (Lipinski definition) is 2. The summed E-state index contributed by atoms with van der Waals surface area (Å²) >= 11 is 0. The first-order chi connectivity index (χ1) is 8.69. The van der Waals surface area contributed by atoms with E-state index in [1.165, 1.54) is 0 Å². The second-order valence-corrected chi connectivity index (χ2v) is 4.21. The molecule has 0 aromatic rings. The van der Waals surface area contributed by atoms with E-state index in [-0.39, 0.29) is 26.2 Å². The van der Waals surface area contributed by atoms with Crippen molar-refractivity contribution in [2.24, 2.45) is 0 Å². The van der Waals surface area contributed by atoms with E-state index in [9.17, 15) is 0 Å². The third-order valence-electron chi connectivity index (χ3n) is 3.05. The minimum absolute atomic E-state index is 0. The molecule has 0 unspecified atom stereocenters. The molecule has 116 valence electrons. The maximum absolute atomic E-state index is 8.48. The van der Waals surface area contributed by atoms with Crippen LogP contribution >= 0.6 is 0 Å². The Hall–Kier alpha value is 0.723. The number of aliphatic hydroxyl groups excluding tert-OH is 2. The molecule has 0 saturated carbocycles. The van der Waals surface area contributed by atoms with Crippen LogP contribution in [0, 0.1) is 0 Å². The van der Waals surface area contributed by atoms with E-state index in [1.54, 1.807) is 0 Å². The first-order valence-electron chi connectivity index (χ1n) is 7.36. The van der Waals surface area contributed by atoms with Crippen LogP contribution in [-0.2, 0) is 26.2 Å². The minimum Gasteiger partial charge on any atom is -0.396 e. The summed E-state index contributed by atoms with van der Waals surface area (Å²) in [4.78, 5) is 4.60. The fourth-order valence-electron chi connectivity index (χ4n) is 1.67. The zero-order chi connectivity index (χ0) is 14.2. The second-order valence-electron chi connectivity index (χ2n) is 4.21. The van der Waals surface area contributed by atoms with Crippen molar-refractivity contribution in [1.82, 2.24) is 9.80 Å². The fraction of sp³-hybridized carbons (Fsp3) is 1.00. The van der Waals surface area contributed by atoms with E-state index in [2.05, 4.69) is 37.5 Å². The number of hydrogen-bond acceptors (Lipinski definition) is 4. The Morgan fingerprint density at radius 2 is 0.895 bits per heavy atom. The SMILES string of the molecule is CCN(CC)CCCO.CCN(CC)CCCO.[Zr]. The number of aliphatic hydroxyl groups is 2. The topological polar surface area (TPSA) is 46.9 Å². The molecule has 5 heteroatoms. The molecule has 0 aliphatic rings. The van der Waals surface area contributed by atoms with Crippen molar-refractivity contribution in [2.45, 2.75) is 40.5 Å². The van der Waals surface area contributed by atoms with E-state index in [4.69, 9.17) is 10.2 Å². The Kier molecular flexibility index (Phi) is 27.4. The minimum atomic E-state index is 0. The molecule has 0 saturated heterocycles. The van der Waals surface area contributed by atoms with Gasteiger partial charge in [-0.15, -0.1) is 0 Å². The molecule has 0 aromatic carbocycles. The third kappa shape index (κ3) is 18.7. The van der Waals surface area contributed by atoms with E-state index in [1.807, 2.05) is 0 Å². The van der Waals surface area contributed by atoms with Gasteiger partial charge in [-0.05, 0) is 39.0 Å². The Bertz CT molecular complexity index is 127. The summed E-state index contributed by atoms with van der Waals surface area (Å²) < 4.78 is 0. The molecule has 0 fully saturated rings. The molecular weight excluding hydrogens is 319 g/mol. The monoisotopic (exact) mass is 352 g/mol. The molecule has 2 N–H and O–H groups in total. The van der Waals surface area contributed by atoms with Crippen LogP contribution in [0.15, 0.2) is 0 Å². The molecule has 0 aromatic heterocycles. The van der Waals surface area contributed by atoms with Crippen LogP contribution in [0.5, 0.6) is 0 Å². The van der Waals surface area contributed by atoms with Crippen molar-refractivity contribution in [3.05, 3.63) is 0 Å². The maximum Gasteiger partial charge on any atom is 0.0443 e. The van der Waals surface area contributed by atoms with Crippen molar-refractivity contribution in [1.29, 1.82) is 0 Å². The van der Waals surface area contributed by atoms with E-state index < -0.39 is 0 Å². The molecule has 0 aliphatic heterocycles. The van der Waals surface area contributed by atoms with Crippen molar-refractivity contribution >= 4 is 0 Å². The molecular formula is C14H34N2O2Zr. The number of nitrogens with zero attached hydrogens (tertiary/aromatic N) is 2. The van der Waals surface area contributed by atoms with Crippen LogP contribution in [0.2, 0.25) is 0 Å². The van der Waals surface area contributed by atoms with E-state index in [0.717, 1.165) is 52.1 Å². The van der Waals surface area contributed by atoms with Gasteiger partial charge in [-0.1, -0.05) is 27.7 Å². The molecule has 0 atom stereocenters. The average Bonchev–Trinajstić information content (AvgIpc) is 2.42. The smallest absolute Gasteiger partial charge is 0.0443 e. The first kappa shape index (κ1) is 24.7. The van der Waals surface area contributed by atoms with E-state index in [0.29, 0.717) is 13.2 Å². The predicted octanol–water partition coefficient (Wildman–Crippen LogP) is 1.42. The van der Waals surface area contributed by atoms with Gasteiger partial charge >= 0.3 is 0 Å². The Morgan fingerprint density at radius 3 is 1.05 bits per heavy atom. The molecule has 0 heterocycles. The molecule has 0 aliphatic carbocycles. The van der Waals surface area contributed by atoms with Crippen LogP contribution < -0.4 is 0 Å². The van der Waals surface area contributed by atoms with Crippen LogP contribution in [0.25, 0.3) is 0 Å². The molecule has 0 rings (SSSR count). The van der Waals surface area contributed by atoms with Crippen LogP contribution in [0.1, 0.15) is 40.5 Å². The van der Waals surface area contributed by atoms with Gasteiger partial charge in [0.15, 0.2) is 0 Å². The normalized spacial score (nSPS) is 10.1. The van der Waals surface area contributed by atoms with Crippen LogP contribution in [0.4, 0.5) is 0 Å². The van der Waals surface area contributed by atoms with Crippen LogP contribution in [0.3, 0.4) is 0 Å². The van der Waals surface area contributed by atoms with Gasteiger partial charge in [0.05, 0.1) is 0 Å². The average molecular weight is 354 g/mol. The molecule has 4 nitrogen and oxygen atoms in total. The van der Waals surface area contributed by atoms with Gasteiger partial charge in [-0.3, -0.25) is 0 Å². The zero-order valence-corrected chi connectivity index (χ0v) is 15.8. The van der Waals surface area contributed by atoms with Gasteiger partial charge < -0.3 is 20.0 Å². The summed E-state index contributed by atoms with van der Waals surface area (Å²) in [7, 11) is 0.